The summed E-state index contributed by atoms with van der Waals surface area (Å²) in [6.45, 7) is 4.00. The highest BCUT2D eigenvalue weighted by Gasteiger charge is 1.98. The van der Waals surface area contributed by atoms with Crippen molar-refractivity contribution in [2.24, 2.45) is 0 Å². The first-order valence-corrected chi connectivity index (χ1v) is 7.09. The van der Waals surface area contributed by atoms with Gasteiger partial charge in [0.25, 0.3) is 0 Å². The van der Waals surface area contributed by atoms with Crippen molar-refractivity contribution in [2.75, 3.05) is 6.54 Å². The lowest BCUT2D eigenvalue weighted by Gasteiger charge is -2.07. The number of hydrogen-bond acceptors (Lipinski definition) is 2. The van der Waals surface area contributed by atoms with Crippen LogP contribution < -0.4 is 10.1 Å². The predicted molar refractivity (Wildman–Crippen MR) is 83.1 cm³/mol. The molecule has 2 aromatic carbocycles. The molecule has 94 valence electrons. The summed E-state index contributed by atoms with van der Waals surface area (Å²) in [6.07, 6.45) is 0. The van der Waals surface area contributed by atoms with Crippen molar-refractivity contribution in [1.29, 1.82) is 0 Å². The second kappa shape index (κ2) is 6.75. The maximum absolute atomic E-state index is 5.77. The van der Waals surface area contributed by atoms with Gasteiger partial charge in [-0.05, 0) is 71.1 Å². The Morgan fingerprint density at radius 1 is 0.944 bits per heavy atom. The molecule has 0 aliphatic rings. The third-order valence-corrected chi connectivity index (χ3v) is 3.27. The molecule has 18 heavy (non-hydrogen) atoms. The van der Waals surface area contributed by atoms with Crippen LogP contribution in [0, 0.1) is 3.57 Å². The normalized spacial score (nSPS) is 10.3. The van der Waals surface area contributed by atoms with E-state index in [0.29, 0.717) is 0 Å². The van der Waals surface area contributed by atoms with Crippen molar-refractivity contribution >= 4 is 22.6 Å². The zero-order valence-electron chi connectivity index (χ0n) is 10.3. The Morgan fingerprint density at radius 2 is 1.50 bits per heavy atom. The van der Waals surface area contributed by atoms with E-state index < -0.39 is 0 Å². The van der Waals surface area contributed by atoms with Crippen LogP contribution in [0.25, 0.3) is 0 Å². The van der Waals surface area contributed by atoms with Crippen LogP contribution in [0.3, 0.4) is 0 Å². The lowest BCUT2D eigenvalue weighted by molar-refractivity contribution is 0.482. The lowest BCUT2D eigenvalue weighted by Crippen LogP contribution is -2.11. The lowest BCUT2D eigenvalue weighted by atomic mass is 10.2. The highest BCUT2D eigenvalue weighted by molar-refractivity contribution is 14.1. The number of halogens is 1. The highest BCUT2D eigenvalue weighted by atomic mass is 127. The molecular formula is C15H16INO. The first-order valence-electron chi connectivity index (χ1n) is 6.01. The van der Waals surface area contributed by atoms with Gasteiger partial charge in [-0.1, -0.05) is 19.1 Å². The molecule has 0 saturated carbocycles. The number of rotatable bonds is 5. The summed E-state index contributed by atoms with van der Waals surface area (Å²) in [4.78, 5) is 0. The Labute approximate surface area is 122 Å². The second-order valence-electron chi connectivity index (χ2n) is 3.98. The van der Waals surface area contributed by atoms with E-state index >= 15 is 0 Å². The van der Waals surface area contributed by atoms with Crippen LogP contribution in [0.5, 0.6) is 11.5 Å². The Morgan fingerprint density at radius 3 is 2.06 bits per heavy atom. The number of nitrogens with one attached hydrogen (secondary N) is 1. The molecule has 2 aromatic rings. The number of ether oxygens (including phenoxy) is 1. The third kappa shape index (κ3) is 3.99. The molecule has 2 rings (SSSR count). The Hall–Kier alpha value is -1.07. The summed E-state index contributed by atoms with van der Waals surface area (Å²) < 4.78 is 6.98. The van der Waals surface area contributed by atoms with Crippen LogP contribution in [0.1, 0.15) is 12.5 Å². The fourth-order valence-corrected chi connectivity index (χ4v) is 1.94. The Bertz CT molecular complexity index is 479. The van der Waals surface area contributed by atoms with E-state index in [1.807, 2.05) is 36.4 Å². The maximum atomic E-state index is 5.77. The second-order valence-corrected chi connectivity index (χ2v) is 5.23. The smallest absolute Gasteiger partial charge is 0.127 e. The molecule has 0 saturated heterocycles. The summed E-state index contributed by atoms with van der Waals surface area (Å²) in [5, 5.41) is 3.30. The molecule has 0 aliphatic heterocycles. The molecule has 0 bridgehead atoms. The molecule has 0 aromatic heterocycles. The van der Waals surface area contributed by atoms with Crippen LogP contribution in [0.15, 0.2) is 48.5 Å². The Balaban J connectivity index is 1.99. The molecule has 0 fully saturated rings. The molecular weight excluding hydrogens is 337 g/mol. The largest absolute Gasteiger partial charge is 0.457 e. The van der Waals surface area contributed by atoms with Crippen LogP contribution in [0.4, 0.5) is 0 Å². The van der Waals surface area contributed by atoms with E-state index in [-0.39, 0.29) is 0 Å². The zero-order valence-corrected chi connectivity index (χ0v) is 12.5. The number of hydrogen-bond donors (Lipinski definition) is 1. The molecule has 3 heteroatoms. The van der Waals surface area contributed by atoms with Crippen molar-refractivity contribution in [3.63, 3.8) is 0 Å². The van der Waals surface area contributed by atoms with Gasteiger partial charge in [0.05, 0.1) is 0 Å². The van der Waals surface area contributed by atoms with Gasteiger partial charge in [0.2, 0.25) is 0 Å². The van der Waals surface area contributed by atoms with E-state index in [9.17, 15) is 0 Å². The average Bonchev–Trinajstić information content (AvgIpc) is 2.41. The van der Waals surface area contributed by atoms with Crippen molar-refractivity contribution in [3.05, 3.63) is 57.7 Å². The van der Waals surface area contributed by atoms with Gasteiger partial charge in [0, 0.05) is 10.1 Å². The molecule has 2 nitrogen and oxygen atoms in total. The summed E-state index contributed by atoms with van der Waals surface area (Å²) in [7, 11) is 0. The molecule has 0 heterocycles. The van der Waals surface area contributed by atoms with E-state index in [4.69, 9.17) is 4.74 Å². The van der Waals surface area contributed by atoms with Crippen LogP contribution in [-0.4, -0.2) is 6.54 Å². The standard InChI is InChI=1S/C15H16INO/c1-2-17-11-12-3-7-14(8-4-12)18-15-9-5-13(16)6-10-15/h3-10,17H,2,11H2,1H3. The minimum absolute atomic E-state index is 0.870. The van der Waals surface area contributed by atoms with Crippen molar-refractivity contribution in [2.45, 2.75) is 13.5 Å². The first-order chi connectivity index (χ1) is 8.78. The molecule has 0 atom stereocenters. The molecule has 0 radical (unpaired) electrons. The first kappa shape index (κ1) is 13.4. The SMILES string of the molecule is CCNCc1ccc(Oc2ccc(I)cc2)cc1. The topological polar surface area (TPSA) is 21.3 Å². The van der Waals surface area contributed by atoms with Gasteiger partial charge < -0.3 is 10.1 Å². The monoisotopic (exact) mass is 353 g/mol. The summed E-state index contributed by atoms with van der Waals surface area (Å²) in [5.74, 6) is 1.74. The van der Waals surface area contributed by atoms with Crippen LogP contribution in [-0.2, 0) is 6.54 Å². The van der Waals surface area contributed by atoms with E-state index in [0.717, 1.165) is 24.6 Å². The quantitative estimate of drug-likeness (QED) is 0.814. The fourth-order valence-electron chi connectivity index (χ4n) is 1.58. The van der Waals surface area contributed by atoms with Gasteiger partial charge >= 0.3 is 0 Å². The minimum atomic E-state index is 0.870. The van der Waals surface area contributed by atoms with Gasteiger partial charge in [0.1, 0.15) is 11.5 Å². The van der Waals surface area contributed by atoms with Crippen LogP contribution in [0.2, 0.25) is 0 Å². The van der Waals surface area contributed by atoms with E-state index in [2.05, 4.69) is 47.0 Å². The van der Waals surface area contributed by atoms with Crippen molar-refractivity contribution in [1.82, 2.24) is 5.32 Å². The minimum Gasteiger partial charge on any atom is -0.457 e. The molecule has 0 amide bonds. The summed E-state index contributed by atoms with van der Waals surface area (Å²) in [6, 6.07) is 16.2. The summed E-state index contributed by atoms with van der Waals surface area (Å²) in [5.41, 5.74) is 1.27. The number of benzene rings is 2. The zero-order chi connectivity index (χ0) is 12.8. The van der Waals surface area contributed by atoms with Gasteiger partial charge in [0.15, 0.2) is 0 Å². The molecule has 1 N–H and O–H groups in total. The maximum Gasteiger partial charge on any atom is 0.127 e. The van der Waals surface area contributed by atoms with Gasteiger partial charge in [-0.25, -0.2) is 0 Å². The average molecular weight is 353 g/mol. The van der Waals surface area contributed by atoms with Gasteiger partial charge in [-0.15, -0.1) is 0 Å². The van der Waals surface area contributed by atoms with Crippen LogP contribution >= 0.6 is 22.6 Å². The van der Waals surface area contributed by atoms with Gasteiger partial charge in [-0.2, -0.15) is 0 Å². The molecule has 0 unspecified atom stereocenters. The third-order valence-electron chi connectivity index (χ3n) is 2.55. The van der Waals surface area contributed by atoms with Crippen molar-refractivity contribution in [3.8, 4) is 11.5 Å². The van der Waals surface area contributed by atoms with Gasteiger partial charge in [-0.3, -0.25) is 0 Å². The van der Waals surface area contributed by atoms with E-state index in [1.54, 1.807) is 0 Å². The highest BCUT2D eigenvalue weighted by Crippen LogP contribution is 2.22. The summed E-state index contributed by atoms with van der Waals surface area (Å²) >= 11 is 2.28. The Kier molecular flexibility index (Phi) is 5.01. The van der Waals surface area contributed by atoms with Crippen molar-refractivity contribution < 1.29 is 4.74 Å². The van der Waals surface area contributed by atoms with E-state index in [1.165, 1.54) is 9.13 Å². The predicted octanol–water partition coefficient (Wildman–Crippen LogP) is 4.19. The molecule has 0 spiro atoms. The fraction of sp³-hybridized carbons (Fsp3) is 0.200. The molecule has 0 aliphatic carbocycles.